The fourth-order valence-electron chi connectivity index (χ4n) is 2.96. The van der Waals surface area contributed by atoms with Crippen molar-refractivity contribution in [1.82, 2.24) is 3.97 Å². The molecule has 3 aromatic carbocycles. The summed E-state index contributed by atoms with van der Waals surface area (Å²) in [5, 5.41) is 0.663. The lowest BCUT2D eigenvalue weighted by Crippen LogP contribution is -2.11. The first-order valence-corrected chi connectivity index (χ1v) is 11.0. The van der Waals surface area contributed by atoms with Crippen molar-refractivity contribution in [3.05, 3.63) is 90.6 Å². The maximum absolute atomic E-state index is 13.2. The van der Waals surface area contributed by atoms with Gasteiger partial charge in [-0.25, -0.2) is 16.6 Å². The lowest BCUT2D eigenvalue weighted by Gasteiger charge is -2.07. The van der Waals surface area contributed by atoms with E-state index in [0.717, 1.165) is 5.56 Å². The molecule has 0 unspecified atom stereocenters. The summed E-state index contributed by atoms with van der Waals surface area (Å²) in [6, 6.07) is 22.8. The van der Waals surface area contributed by atoms with Gasteiger partial charge in [-0.3, -0.25) is 0 Å². The van der Waals surface area contributed by atoms with Crippen molar-refractivity contribution in [2.45, 2.75) is 21.6 Å². The Morgan fingerprint density at radius 1 is 0.815 bits per heavy atom. The number of aromatic nitrogens is 1. The largest absolute Gasteiger partial charge is 0.268 e. The molecule has 0 aliphatic heterocycles. The van der Waals surface area contributed by atoms with E-state index < -0.39 is 20.8 Å². The van der Waals surface area contributed by atoms with Crippen LogP contribution in [0.25, 0.3) is 10.9 Å². The first kappa shape index (κ1) is 17.7. The van der Waals surface area contributed by atoms with E-state index in [4.69, 9.17) is 0 Å². The van der Waals surface area contributed by atoms with Gasteiger partial charge in [0.2, 0.25) is 0 Å². The van der Waals surface area contributed by atoms with Gasteiger partial charge in [0.25, 0.3) is 10.0 Å². The lowest BCUT2D eigenvalue weighted by molar-refractivity contribution is 0.589. The summed E-state index contributed by atoms with van der Waals surface area (Å²) in [6.45, 7) is 1.96. The van der Waals surface area contributed by atoms with Gasteiger partial charge in [-0.05, 0) is 37.3 Å². The fraction of sp³-hybridized carbons (Fsp3) is 0.0476. The average molecular weight is 396 g/mol. The molecule has 27 heavy (non-hydrogen) atoms. The second-order valence-corrected chi connectivity index (χ2v) is 9.47. The smallest absolute Gasteiger partial charge is 0.249 e. The van der Waals surface area contributed by atoms with Crippen LogP contribution in [0.3, 0.4) is 0 Å². The van der Waals surface area contributed by atoms with E-state index in [9.17, 15) is 12.6 Å². The second kappa shape index (κ2) is 6.79. The molecule has 1 aromatic heterocycles. The minimum absolute atomic E-state index is 0.193. The fourth-order valence-corrected chi connectivity index (χ4v) is 5.63. The highest BCUT2D eigenvalue weighted by atomic mass is 32.2. The second-order valence-electron chi connectivity index (χ2n) is 6.21. The Kier molecular flexibility index (Phi) is 4.45. The molecule has 0 fully saturated rings. The van der Waals surface area contributed by atoms with E-state index in [1.54, 1.807) is 48.5 Å². The van der Waals surface area contributed by atoms with Gasteiger partial charge >= 0.3 is 0 Å². The van der Waals surface area contributed by atoms with E-state index in [2.05, 4.69) is 0 Å². The van der Waals surface area contributed by atoms with Gasteiger partial charge < -0.3 is 0 Å². The minimum atomic E-state index is -3.78. The summed E-state index contributed by atoms with van der Waals surface area (Å²) in [5.74, 6) is 0. The summed E-state index contributed by atoms with van der Waals surface area (Å²) < 4.78 is 40.6. The van der Waals surface area contributed by atoms with Crippen molar-refractivity contribution in [3.8, 4) is 0 Å². The Bertz CT molecular complexity index is 1240. The van der Waals surface area contributed by atoms with Gasteiger partial charge in [-0.1, -0.05) is 54.1 Å². The van der Waals surface area contributed by atoms with Gasteiger partial charge in [0.05, 0.1) is 26.1 Å². The zero-order valence-corrected chi connectivity index (χ0v) is 16.2. The van der Waals surface area contributed by atoms with Gasteiger partial charge in [-0.15, -0.1) is 0 Å². The summed E-state index contributed by atoms with van der Waals surface area (Å²) in [7, 11) is -5.27. The molecule has 4 rings (SSSR count). The van der Waals surface area contributed by atoms with Crippen LogP contribution in [0.15, 0.2) is 99.7 Å². The number of para-hydroxylation sites is 1. The highest BCUT2D eigenvalue weighted by molar-refractivity contribution is 7.90. The summed E-state index contributed by atoms with van der Waals surface area (Å²) in [4.78, 5) is 1.31. The van der Waals surface area contributed by atoms with Gasteiger partial charge in [0, 0.05) is 16.5 Å². The highest BCUT2D eigenvalue weighted by Crippen LogP contribution is 2.30. The number of aryl methyl sites for hydroxylation is 1. The van der Waals surface area contributed by atoms with Gasteiger partial charge in [0.1, 0.15) is 0 Å². The van der Waals surface area contributed by atoms with E-state index in [1.807, 2.05) is 37.3 Å². The Balaban J connectivity index is 1.92. The molecule has 0 radical (unpaired) electrons. The predicted molar refractivity (Wildman–Crippen MR) is 107 cm³/mol. The van der Waals surface area contributed by atoms with Crippen molar-refractivity contribution < 1.29 is 12.6 Å². The molecule has 0 N–H and O–H groups in total. The van der Waals surface area contributed by atoms with E-state index in [1.165, 1.54) is 10.2 Å². The van der Waals surface area contributed by atoms with Crippen LogP contribution in [-0.4, -0.2) is 16.6 Å². The number of hydrogen-bond acceptors (Lipinski definition) is 3. The van der Waals surface area contributed by atoms with Crippen molar-refractivity contribution >= 4 is 31.7 Å². The predicted octanol–water partition coefficient (Wildman–Crippen LogP) is 4.35. The number of rotatable bonds is 4. The van der Waals surface area contributed by atoms with Crippen LogP contribution in [0.1, 0.15) is 5.56 Å². The Hall–Kier alpha value is -2.70. The third-order valence-electron chi connectivity index (χ3n) is 4.38. The molecule has 0 amide bonds. The van der Waals surface area contributed by atoms with E-state index in [-0.39, 0.29) is 4.90 Å². The van der Waals surface area contributed by atoms with Crippen LogP contribution in [-0.2, 0) is 20.8 Å². The summed E-state index contributed by atoms with van der Waals surface area (Å²) in [5.41, 5.74) is 1.58. The van der Waals surface area contributed by atoms with Crippen LogP contribution < -0.4 is 0 Å². The first-order chi connectivity index (χ1) is 13.0. The van der Waals surface area contributed by atoms with Gasteiger partial charge in [0.15, 0.2) is 0 Å². The van der Waals surface area contributed by atoms with Crippen LogP contribution in [0.5, 0.6) is 0 Å². The third kappa shape index (κ3) is 3.11. The van der Waals surface area contributed by atoms with E-state index in [0.29, 0.717) is 20.7 Å². The zero-order valence-electron chi connectivity index (χ0n) is 14.6. The van der Waals surface area contributed by atoms with Crippen LogP contribution in [0, 0.1) is 6.92 Å². The maximum Gasteiger partial charge on any atom is 0.268 e. The Morgan fingerprint density at radius 2 is 1.44 bits per heavy atom. The van der Waals surface area contributed by atoms with Crippen LogP contribution >= 0.6 is 0 Å². The molecule has 0 spiro atoms. The SMILES string of the molecule is Cc1ccc([S@](=O)c2cn(S(=O)(=O)c3ccccc3)c3ccccc23)cc1. The molecule has 0 saturated carbocycles. The minimum Gasteiger partial charge on any atom is -0.249 e. The molecule has 136 valence electrons. The Morgan fingerprint density at radius 3 is 2.15 bits per heavy atom. The van der Waals surface area contributed by atoms with E-state index >= 15 is 0 Å². The lowest BCUT2D eigenvalue weighted by atomic mass is 10.2. The molecular formula is C21H17NO3S2. The first-order valence-electron chi connectivity index (χ1n) is 8.37. The van der Waals surface area contributed by atoms with Crippen molar-refractivity contribution in [2.75, 3.05) is 0 Å². The molecule has 6 heteroatoms. The Labute approximate surface area is 160 Å². The number of hydrogen-bond donors (Lipinski definition) is 0. The molecule has 1 heterocycles. The molecule has 0 bridgehead atoms. The third-order valence-corrected chi connectivity index (χ3v) is 7.49. The number of benzene rings is 3. The highest BCUT2D eigenvalue weighted by Gasteiger charge is 2.23. The van der Waals surface area contributed by atoms with Crippen molar-refractivity contribution in [3.63, 3.8) is 0 Å². The zero-order chi connectivity index (χ0) is 19.0. The molecule has 1 atom stereocenters. The topological polar surface area (TPSA) is 56.1 Å². The van der Waals surface area contributed by atoms with Crippen LogP contribution in [0.2, 0.25) is 0 Å². The van der Waals surface area contributed by atoms with Crippen molar-refractivity contribution in [2.24, 2.45) is 0 Å². The monoisotopic (exact) mass is 395 g/mol. The van der Waals surface area contributed by atoms with Gasteiger partial charge in [-0.2, -0.15) is 0 Å². The number of fused-ring (bicyclic) bond motifs is 1. The maximum atomic E-state index is 13.2. The average Bonchev–Trinajstić information content (AvgIpc) is 3.09. The summed E-state index contributed by atoms with van der Waals surface area (Å²) >= 11 is 0. The molecule has 4 nitrogen and oxygen atoms in total. The number of nitrogens with zero attached hydrogens (tertiary/aromatic N) is 1. The quantitative estimate of drug-likeness (QED) is 0.516. The molecular weight excluding hydrogens is 378 g/mol. The van der Waals surface area contributed by atoms with Crippen LogP contribution in [0.4, 0.5) is 0 Å². The van der Waals surface area contributed by atoms with Crippen molar-refractivity contribution in [1.29, 1.82) is 0 Å². The molecule has 0 aliphatic rings. The standard InChI is InChI=1S/C21H17NO3S2/c1-16-11-13-17(14-12-16)26(23)21-15-22(20-10-6-5-9-19(20)21)27(24,25)18-7-3-2-4-8-18/h2-15H,1H3/t26-/m0/s1. The molecule has 0 aliphatic carbocycles. The molecule has 4 aromatic rings. The normalized spacial score (nSPS) is 12.9. The molecule has 0 saturated heterocycles. The summed E-state index contributed by atoms with van der Waals surface area (Å²) in [6.07, 6.45) is 1.48.